The number of aliphatic hydroxyl groups is 1. The Kier molecular flexibility index (Phi) is 15.8. The van der Waals surface area contributed by atoms with E-state index < -0.39 is 0 Å². The van der Waals surface area contributed by atoms with E-state index in [0.717, 1.165) is 13.1 Å². The van der Waals surface area contributed by atoms with Crippen LogP contribution in [0.5, 0.6) is 0 Å². The maximum atomic E-state index is 8.50. The minimum atomic E-state index is 0.123. The molecule has 0 aliphatic rings. The first-order chi connectivity index (χ1) is 8.41. The number of rotatable bonds is 14. The third kappa shape index (κ3) is 15.9. The molecule has 0 saturated carbocycles. The molecular formula is C14H31NO2. The van der Waals surface area contributed by atoms with E-state index in [2.05, 4.69) is 12.2 Å². The fourth-order valence-corrected chi connectivity index (χ4v) is 1.82. The van der Waals surface area contributed by atoms with Crippen molar-refractivity contribution in [1.82, 2.24) is 5.32 Å². The van der Waals surface area contributed by atoms with Crippen LogP contribution in [0.3, 0.4) is 0 Å². The van der Waals surface area contributed by atoms with Gasteiger partial charge in [0.2, 0.25) is 0 Å². The zero-order valence-electron chi connectivity index (χ0n) is 11.5. The maximum absolute atomic E-state index is 8.50. The Balaban J connectivity index is 2.85. The minimum Gasteiger partial charge on any atom is -0.394 e. The molecule has 0 atom stereocenters. The number of ether oxygens (including phenoxy) is 1. The molecule has 0 aromatic rings. The number of unbranched alkanes of at least 4 members (excludes halogenated alkanes) is 7. The van der Waals surface area contributed by atoms with E-state index >= 15 is 0 Å². The van der Waals surface area contributed by atoms with E-state index in [-0.39, 0.29) is 6.61 Å². The van der Waals surface area contributed by atoms with Gasteiger partial charge in [-0.25, -0.2) is 0 Å². The fraction of sp³-hybridized carbons (Fsp3) is 1.00. The van der Waals surface area contributed by atoms with Crippen molar-refractivity contribution in [2.24, 2.45) is 0 Å². The molecule has 0 bridgehead atoms. The summed E-state index contributed by atoms with van der Waals surface area (Å²) in [5.74, 6) is 0. The van der Waals surface area contributed by atoms with Crippen molar-refractivity contribution >= 4 is 0 Å². The molecule has 0 aliphatic heterocycles. The molecule has 0 rings (SSSR count). The Bertz CT molecular complexity index is 117. The second-order valence-electron chi connectivity index (χ2n) is 4.56. The molecule has 0 aromatic heterocycles. The van der Waals surface area contributed by atoms with E-state index in [1.807, 2.05) is 0 Å². The van der Waals surface area contributed by atoms with Gasteiger partial charge in [0.25, 0.3) is 0 Å². The predicted octanol–water partition coefficient (Wildman–Crippen LogP) is 2.73. The summed E-state index contributed by atoms with van der Waals surface area (Å²) in [4.78, 5) is 0. The summed E-state index contributed by atoms with van der Waals surface area (Å²) in [5, 5.41) is 11.8. The lowest BCUT2D eigenvalue weighted by Crippen LogP contribution is -2.21. The van der Waals surface area contributed by atoms with Crippen LogP contribution in [0.15, 0.2) is 0 Å². The van der Waals surface area contributed by atoms with Crippen LogP contribution in [-0.2, 0) is 4.74 Å². The Hall–Kier alpha value is -0.120. The van der Waals surface area contributed by atoms with Crippen molar-refractivity contribution in [3.05, 3.63) is 0 Å². The monoisotopic (exact) mass is 245 g/mol. The SMILES string of the molecule is CCCCCCCCCCNCCOCCO. The number of hydrogen-bond donors (Lipinski definition) is 2. The highest BCUT2D eigenvalue weighted by Crippen LogP contribution is 2.07. The van der Waals surface area contributed by atoms with Crippen molar-refractivity contribution in [1.29, 1.82) is 0 Å². The Morgan fingerprint density at radius 2 is 1.47 bits per heavy atom. The van der Waals surface area contributed by atoms with Gasteiger partial charge >= 0.3 is 0 Å². The highest BCUT2D eigenvalue weighted by Gasteiger charge is 1.92. The van der Waals surface area contributed by atoms with Crippen molar-refractivity contribution in [3.63, 3.8) is 0 Å². The predicted molar refractivity (Wildman–Crippen MR) is 73.4 cm³/mol. The lowest BCUT2D eigenvalue weighted by Gasteiger charge is -2.05. The minimum absolute atomic E-state index is 0.123. The molecule has 0 amide bonds. The third-order valence-electron chi connectivity index (χ3n) is 2.87. The van der Waals surface area contributed by atoms with Gasteiger partial charge in [-0.3, -0.25) is 0 Å². The fourth-order valence-electron chi connectivity index (χ4n) is 1.82. The van der Waals surface area contributed by atoms with Crippen LogP contribution in [0, 0.1) is 0 Å². The largest absolute Gasteiger partial charge is 0.394 e. The first-order valence-electron chi connectivity index (χ1n) is 7.31. The molecule has 3 nitrogen and oxygen atoms in total. The standard InChI is InChI=1S/C14H31NO2/c1-2-3-4-5-6-7-8-9-10-15-11-13-17-14-12-16/h15-16H,2-14H2,1H3. The van der Waals surface area contributed by atoms with Crippen LogP contribution in [0.4, 0.5) is 0 Å². The molecule has 0 aliphatic carbocycles. The molecule has 0 spiro atoms. The average Bonchev–Trinajstić information content (AvgIpc) is 2.35. The molecule has 17 heavy (non-hydrogen) atoms. The van der Waals surface area contributed by atoms with Gasteiger partial charge in [-0.1, -0.05) is 51.9 Å². The zero-order valence-corrected chi connectivity index (χ0v) is 11.5. The highest BCUT2D eigenvalue weighted by atomic mass is 16.5. The molecule has 0 aromatic carbocycles. The van der Waals surface area contributed by atoms with Gasteiger partial charge < -0.3 is 15.2 Å². The Morgan fingerprint density at radius 3 is 2.12 bits per heavy atom. The van der Waals surface area contributed by atoms with Crippen molar-refractivity contribution in [2.45, 2.75) is 58.3 Å². The van der Waals surface area contributed by atoms with E-state index in [1.165, 1.54) is 51.4 Å². The van der Waals surface area contributed by atoms with Gasteiger partial charge in [0, 0.05) is 6.54 Å². The molecule has 0 radical (unpaired) electrons. The molecule has 0 saturated heterocycles. The summed E-state index contributed by atoms with van der Waals surface area (Å²) >= 11 is 0. The van der Waals surface area contributed by atoms with Crippen LogP contribution < -0.4 is 5.32 Å². The summed E-state index contributed by atoms with van der Waals surface area (Å²) in [6, 6.07) is 0. The van der Waals surface area contributed by atoms with E-state index in [9.17, 15) is 0 Å². The van der Waals surface area contributed by atoms with Gasteiger partial charge in [-0.05, 0) is 13.0 Å². The summed E-state index contributed by atoms with van der Waals surface area (Å²) in [6.45, 7) is 5.54. The van der Waals surface area contributed by atoms with Crippen LogP contribution >= 0.6 is 0 Å². The quantitative estimate of drug-likeness (QED) is 0.462. The molecular weight excluding hydrogens is 214 g/mol. The number of hydrogen-bond acceptors (Lipinski definition) is 3. The van der Waals surface area contributed by atoms with Crippen molar-refractivity contribution in [2.75, 3.05) is 32.9 Å². The number of nitrogens with one attached hydrogen (secondary N) is 1. The highest BCUT2D eigenvalue weighted by molar-refractivity contribution is 4.50. The molecule has 104 valence electrons. The van der Waals surface area contributed by atoms with E-state index in [4.69, 9.17) is 9.84 Å². The molecule has 0 unspecified atom stereocenters. The van der Waals surface area contributed by atoms with Gasteiger partial charge in [0.05, 0.1) is 19.8 Å². The van der Waals surface area contributed by atoms with Gasteiger partial charge in [0.15, 0.2) is 0 Å². The maximum Gasteiger partial charge on any atom is 0.0698 e. The summed E-state index contributed by atoms with van der Waals surface area (Å²) in [5.41, 5.74) is 0. The van der Waals surface area contributed by atoms with Gasteiger partial charge in [-0.15, -0.1) is 0 Å². The molecule has 0 heterocycles. The normalized spacial score (nSPS) is 10.9. The van der Waals surface area contributed by atoms with Crippen LogP contribution in [-0.4, -0.2) is 38.0 Å². The summed E-state index contributed by atoms with van der Waals surface area (Å²) in [6.07, 6.45) is 11.0. The number of aliphatic hydroxyl groups excluding tert-OH is 1. The van der Waals surface area contributed by atoms with Crippen LogP contribution in [0.1, 0.15) is 58.3 Å². The topological polar surface area (TPSA) is 41.5 Å². The lowest BCUT2D eigenvalue weighted by atomic mass is 10.1. The Morgan fingerprint density at radius 1 is 0.824 bits per heavy atom. The average molecular weight is 245 g/mol. The third-order valence-corrected chi connectivity index (χ3v) is 2.87. The molecule has 3 heteroatoms. The van der Waals surface area contributed by atoms with Gasteiger partial charge in [-0.2, -0.15) is 0 Å². The zero-order chi connectivity index (χ0) is 12.6. The second kappa shape index (κ2) is 15.9. The van der Waals surface area contributed by atoms with E-state index in [0.29, 0.717) is 13.2 Å². The second-order valence-corrected chi connectivity index (χ2v) is 4.56. The van der Waals surface area contributed by atoms with Gasteiger partial charge in [0.1, 0.15) is 0 Å². The first kappa shape index (κ1) is 16.9. The lowest BCUT2D eigenvalue weighted by molar-refractivity contribution is 0.0939. The van der Waals surface area contributed by atoms with Crippen molar-refractivity contribution in [3.8, 4) is 0 Å². The van der Waals surface area contributed by atoms with Crippen LogP contribution in [0.25, 0.3) is 0 Å². The smallest absolute Gasteiger partial charge is 0.0698 e. The van der Waals surface area contributed by atoms with Crippen LogP contribution in [0.2, 0.25) is 0 Å². The first-order valence-corrected chi connectivity index (χ1v) is 7.31. The van der Waals surface area contributed by atoms with E-state index in [1.54, 1.807) is 0 Å². The summed E-state index contributed by atoms with van der Waals surface area (Å²) in [7, 11) is 0. The summed E-state index contributed by atoms with van der Waals surface area (Å²) < 4.78 is 5.15. The Labute approximate surface area is 107 Å². The molecule has 0 fully saturated rings. The van der Waals surface area contributed by atoms with Crippen molar-refractivity contribution < 1.29 is 9.84 Å². The molecule has 2 N–H and O–H groups in total.